The number of nitrogen functional groups attached to an aromatic ring is 3. The van der Waals surface area contributed by atoms with Crippen LogP contribution in [0.4, 0.5) is 23.0 Å². The standard InChI is InChI=1S/C19H19N5O3S.C12H11N3O2.C8H11NO2S/c1-12-3-5-13(6-4-12)16-11-22-18(20)17(24-16)19(25)23-14-7-9-15(10-8-14)28(26,27)21-2;1-7-2-4-8(5-3-7)9-6-14-11(13)10(15-9)12(16)17;1-2-12(10,11)8-5-3-7(9)4-6-8/h3-11,21H,1-2H3,(H2,20,22)(H,23,25);2-6H,1H3,(H2,13,14)(H,16,17);3-6H,2,9H2,1H3. The second-order valence-electron chi connectivity index (χ2n) is 12.2. The Hall–Kier alpha value is -6.76. The number of benzene rings is 4. The Labute approximate surface area is 330 Å². The molecule has 0 radical (unpaired) electrons. The molecule has 0 aliphatic heterocycles. The van der Waals surface area contributed by atoms with Gasteiger partial charge in [-0.05, 0) is 69.4 Å². The number of carbonyl (C=O) groups is 2. The average Bonchev–Trinajstić information content (AvgIpc) is 3.19. The highest BCUT2D eigenvalue weighted by Gasteiger charge is 2.17. The van der Waals surface area contributed by atoms with Gasteiger partial charge in [-0.15, -0.1) is 0 Å². The van der Waals surface area contributed by atoms with Crippen LogP contribution in [-0.2, 0) is 19.9 Å². The Kier molecular flexibility index (Phi) is 14.1. The number of nitrogens with one attached hydrogen (secondary N) is 2. The number of sulfonamides is 1. The van der Waals surface area contributed by atoms with Crippen molar-refractivity contribution < 1.29 is 31.5 Å². The summed E-state index contributed by atoms with van der Waals surface area (Å²) in [5.74, 6) is -1.67. The molecule has 0 aliphatic carbocycles. The van der Waals surface area contributed by atoms with Gasteiger partial charge in [-0.25, -0.2) is 46.3 Å². The molecule has 18 heteroatoms. The molecule has 4 aromatic carbocycles. The summed E-state index contributed by atoms with van der Waals surface area (Å²) in [5, 5.41) is 11.5. The van der Waals surface area contributed by atoms with Crippen molar-refractivity contribution in [2.75, 3.05) is 35.3 Å². The maximum atomic E-state index is 12.6. The van der Waals surface area contributed by atoms with E-state index >= 15 is 0 Å². The van der Waals surface area contributed by atoms with Crippen molar-refractivity contribution in [3.63, 3.8) is 0 Å². The second kappa shape index (κ2) is 18.7. The molecule has 0 fully saturated rings. The number of carboxylic acids is 1. The number of sulfone groups is 1. The first-order valence-corrected chi connectivity index (χ1v) is 20.1. The van der Waals surface area contributed by atoms with Gasteiger partial charge < -0.3 is 27.6 Å². The van der Waals surface area contributed by atoms with Crippen molar-refractivity contribution in [3.05, 3.63) is 132 Å². The number of aromatic carboxylic acids is 1. The molecule has 2 aromatic heterocycles. The van der Waals surface area contributed by atoms with Gasteiger partial charge in [-0.3, -0.25) is 4.79 Å². The van der Waals surface area contributed by atoms with Crippen LogP contribution in [0, 0.1) is 13.8 Å². The molecule has 16 nitrogen and oxygen atoms in total. The van der Waals surface area contributed by atoms with Gasteiger partial charge in [0.15, 0.2) is 32.9 Å². The number of anilines is 4. The molecule has 0 atom stereocenters. The second-order valence-corrected chi connectivity index (χ2v) is 16.3. The van der Waals surface area contributed by atoms with E-state index in [4.69, 9.17) is 22.3 Å². The predicted octanol–water partition coefficient (Wildman–Crippen LogP) is 4.99. The number of aromatic nitrogens is 4. The molecule has 0 saturated heterocycles. The van der Waals surface area contributed by atoms with E-state index in [9.17, 15) is 26.4 Å². The van der Waals surface area contributed by atoms with E-state index in [2.05, 4.69) is 30.0 Å². The van der Waals surface area contributed by atoms with Crippen LogP contribution in [0.5, 0.6) is 0 Å². The zero-order valence-electron chi connectivity index (χ0n) is 31.3. The number of nitrogens with two attached hydrogens (primary N) is 3. The van der Waals surface area contributed by atoms with Crippen molar-refractivity contribution in [1.29, 1.82) is 0 Å². The molecule has 0 unspecified atom stereocenters. The quantitative estimate of drug-likeness (QED) is 0.105. The third-order valence-corrected chi connectivity index (χ3v) is 11.2. The van der Waals surface area contributed by atoms with Crippen LogP contribution in [-0.4, -0.2) is 66.6 Å². The summed E-state index contributed by atoms with van der Waals surface area (Å²) < 4.78 is 48.3. The van der Waals surface area contributed by atoms with E-state index < -0.39 is 31.7 Å². The minimum Gasteiger partial charge on any atom is -0.476 e. The lowest BCUT2D eigenvalue weighted by Gasteiger charge is -2.09. The number of amides is 1. The monoisotopic (exact) mass is 811 g/mol. The minimum absolute atomic E-state index is 0.00254. The summed E-state index contributed by atoms with van der Waals surface area (Å²) in [4.78, 5) is 40.1. The third-order valence-electron chi connectivity index (χ3n) is 8.02. The molecule has 0 saturated carbocycles. The molecule has 0 spiro atoms. The highest BCUT2D eigenvalue weighted by Crippen LogP contribution is 2.22. The fourth-order valence-electron chi connectivity index (χ4n) is 4.72. The van der Waals surface area contributed by atoms with Crippen molar-refractivity contribution >= 4 is 54.7 Å². The Morgan fingerprint density at radius 3 is 1.53 bits per heavy atom. The Morgan fingerprint density at radius 1 is 0.649 bits per heavy atom. The molecule has 0 aliphatic rings. The molecule has 296 valence electrons. The fraction of sp³-hybridized carbons (Fsp3) is 0.128. The molecule has 0 bridgehead atoms. The number of hydrogen-bond acceptors (Lipinski definition) is 13. The molecule has 2 heterocycles. The van der Waals surface area contributed by atoms with Crippen molar-refractivity contribution in [3.8, 4) is 22.5 Å². The Balaban J connectivity index is 0.000000210. The van der Waals surface area contributed by atoms with E-state index in [1.54, 1.807) is 19.1 Å². The Morgan fingerprint density at radius 2 is 1.09 bits per heavy atom. The van der Waals surface area contributed by atoms with Crippen LogP contribution < -0.4 is 27.2 Å². The highest BCUT2D eigenvalue weighted by molar-refractivity contribution is 7.91. The van der Waals surface area contributed by atoms with Crippen LogP contribution in [0.15, 0.2) is 119 Å². The Bertz CT molecular complexity index is 2570. The van der Waals surface area contributed by atoms with Crippen LogP contribution in [0.3, 0.4) is 0 Å². The molecular weight excluding hydrogens is 771 g/mol. The lowest BCUT2D eigenvalue weighted by Crippen LogP contribution is -2.19. The maximum absolute atomic E-state index is 12.6. The van der Waals surface area contributed by atoms with Gasteiger partial charge in [-0.2, -0.15) is 0 Å². The summed E-state index contributed by atoms with van der Waals surface area (Å²) in [7, 11) is -5.29. The lowest BCUT2D eigenvalue weighted by atomic mass is 10.1. The number of hydrogen-bond donors (Lipinski definition) is 6. The van der Waals surface area contributed by atoms with Crippen LogP contribution in [0.2, 0.25) is 0 Å². The summed E-state index contributed by atoms with van der Waals surface area (Å²) in [5.41, 5.74) is 22.3. The van der Waals surface area contributed by atoms with E-state index in [1.807, 2.05) is 62.4 Å². The molecule has 6 rings (SSSR count). The molecule has 9 N–H and O–H groups in total. The summed E-state index contributed by atoms with van der Waals surface area (Å²) in [6.07, 6.45) is 2.97. The van der Waals surface area contributed by atoms with E-state index in [0.29, 0.717) is 27.7 Å². The van der Waals surface area contributed by atoms with Crippen molar-refractivity contribution in [2.24, 2.45) is 0 Å². The van der Waals surface area contributed by atoms with Crippen molar-refractivity contribution in [2.45, 2.75) is 30.6 Å². The highest BCUT2D eigenvalue weighted by atomic mass is 32.2. The summed E-state index contributed by atoms with van der Waals surface area (Å²) in [6, 6.07) is 27.2. The average molecular weight is 812 g/mol. The SMILES string of the molecule is CCS(=O)(=O)c1ccc(N)cc1.CNS(=O)(=O)c1ccc(NC(=O)c2nc(-c3ccc(C)cc3)cnc2N)cc1.Cc1ccc(-c2cnc(N)c(C(=O)O)n2)cc1. The smallest absolute Gasteiger partial charge is 0.358 e. The zero-order valence-corrected chi connectivity index (χ0v) is 33.0. The van der Waals surface area contributed by atoms with Crippen LogP contribution >= 0.6 is 0 Å². The van der Waals surface area contributed by atoms with E-state index in [-0.39, 0.29) is 33.7 Å². The molecule has 6 aromatic rings. The molecular formula is C39H41N9O7S2. The number of carbonyl (C=O) groups excluding carboxylic acids is 1. The van der Waals surface area contributed by atoms with Gasteiger partial charge in [0.05, 0.1) is 39.3 Å². The number of carboxylic acid groups (broad SMARTS) is 1. The summed E-state index contributed by atoms with van der Waals surface area (Å²) in [6.45, 7) is 5.57. The lowest BCUT2D eigenvalue weighted by molar-refractivity contribution is 0.0691. The van der Waals surface area contributed by atoms with Gasteiger partial charge in [0.1, 0.15) is 0 Å². The topological polar surface area (TPSA) is 276 Å². The minimum atomic E-state index is -3.55. The largest absolute Gasteiger partial charge is 0.476 e. The van der Waals surface area contributed by atoms with E-state index in [1.165, 1.54) is 55.8 Å². The van der Waals surface area contributed by atoms with Gasteiger partial charge in [0, 0.05) is 22.5 Å². The first-order chi connectivity index (χ1) is 26.9. The zero-order chi connectivity index (χ0) is 41.9. The fourth-order valence-corrected chi connectivity index (χ4v) is 6.33. The third kappa shape index (κ3) is 11.6. The van der Waals surface area contributed by atoms with Gasteiger partial charge >= 0.3 is 5.97 Å². The van der Waals surface area contributed by atoms with E-state index in [0.717, 1.165) is 22.3 Å². The number of nitrogens with zero attached hydrogens (tertiary/aromatic N) is 4. The van der Waals surface area contributed by atoms with Crippen molar-refractivity contribution in [1.82, 2.24) is 24.7 Å². The van der Waals surface area contributed by atoms with Gasteiger partial charge in [0.2, 0.25) is 10.0 Å². The number of rotatable bonds is 9. The summed E-state index contributed by atoms with van der Waals surface area (Å²) >= 11 is 0. The van der Waals surface area contributed by atoms with Gasteiger partial charge in [0.25, 0.3) is 5.91 Å². The van der Waals surface area contributed by atoms with Crippen LogP contribution in [0.1, 0.15) is 39.0 Å². The first kappa shape index (κ1) is 43.0. The van der Waals surface area contributed by atoms with Gasteiger partial charge in [-0.1, -0.05) is 66.6 Å². The first-order valence-electron chi connectivity index (χ1n) is 17.0. The number of aryl methyl sites for hydroxylation is 2. The predicted molar refractivity (Wildman–Crippen MR) is 219 cm³/mol. The molecule has 57 heavy (non-hydrogen) atoms. The molecule has 1 amide bonds. The van der Waals surface area contributed by atoms with Crippen LogP contribution in [0.25, 0.3) is 22.5 Å². The maximum Gasteiger partial charge on any atom is 0.358 e. The normalized spacial score (nSPS) is 10.9.